The number of primary amides is 1. The molecule has 3 nitrogen and oxygen atoms in total. The predicted molar refractivity (Wildman–Crippen MR) is 61.0 cm³/mol. The number of hydrogen-bond acceptors (Lipinski definition) is 2. The van der Waals surface area contributed by atoms with Crippen LogP contribution in [0, 0.1) is 18.3 Å². The maximum atomic E-state index is 11.1. The average Bonchev–Trinajstić information content (AvgIpc) is 2.20. The van der Waals surface area contributed by atoms with Crippen molar-refractivity contribution < 1.29 is 4.79 Å². The summed E-state index contributed by atoms with van der Waals surface area (Å²) in [6.07, 6.45) is 9.02. The summed E-state index contributed by atoms with van der Waals surface area (Å²) in [6, 6.07) is 0.554. The fourth-order valence-electron chi connectivity index (χ4n) is 2.11. The summed E-state index contributed by atoms with van der Waals surface area (Å²) in [4.78, 5) is 13.4. The maximum Gasteiger partial charge on any atom is 0.221 e. The molecule has 1 rings (SSSR count). The van der Waals surface area contributed by atoms with Crippen LogP contribution in [0.1, 0.15) is 32.6 Å². The van der Waals surface area contributed by atoms with Crippen LogP contribution in [0.15, 0.2) is 0 Å². The van der Waals surface area contributed by atoms with Gasteiger partial charge in [0.05, 0.1) is 5.92 Å². The minimum Gasteiger partial charge on any atom is -0.369 e. The van der Waals surface area contributed by atoms with Gasteiger partial charge in [-0.05, 0) is 32.7 Å². The molecule has 0 aromatic rings. The second-order valence-electron chi connectivity index (χ2n) is 4.33. The Balaban J connectivity index is 2.40. The van der Waals surface area contributed by atoms with E-state index in [9.17, 15) is 4.79 Å². The quantitative estimate of drug-likeness (QED) is 0.553. The molecular weight excluding hydrogens is 188 g/mol. The number of unbranched alkanes of at least 4 members (excludes halogenated alkanes) is 1. The predicted octanol–water partition coefficient (Wildman–Crippen LogP) is 0.986. The molecule has 84 valence electrons. The summed E-state index contributed by atoms with van der Waals surface area (Å²) in [5.74, 6) is 2.51. The van der Waals surface area contributed by atoms with Gasteiger partial charge in [-0.25, -0.2) is 0 Å². The lowest BCUT2D eigenvalue weighted by atomic mass is 9.93. The van der Waals surface area contributed by atoms with Gasteiger partial charge < -0.3 is 5.73 Å². The van der Waals surface area contributed by atoms with Crippen molar-refractivity contribution in [1.29, 1.82) is 0 Å². The van der Waals surface area contributed by atoms with Crippen LogP contribution in [0.2, 0.25) is 0 Å². The van der Waals surface area contributed by atoms with E-state index in [0.29, 0.717) is 6.04 Å². The van der Waals surface area contributed by atoms with Crippen LogP contribution >= 0.6 is 0 Å². The van der Waals surface area contributed by atoms with E-state index in [-0.39, 0.29) is 11.8 Å². The van der Waals surface area contributed by atoms with Gasteiger partial charge in [0.15, 0.2) is 0 Å². The highest BCUT2D eigenvalue weighted by Crippen LogP contribution is 2.21. The van der Waals surface area contributed by atoms with Gasteiger partial charge in [0.25, 0.3) is 0 Å². The first-order valence-corrected chi connectivity index (χ1v) is 5.62. The fourth-order valence-corrected chi connectivity index (χ4v) is 2.11. The molecule has 0 aromatic carbocycles. The molecule has 2 unspecified atom stereocenters. The van der Waals surface area contributed by atoms with Gasteiger partial charge in [-0.1, -0.05) is 0 Å². The molecule has 0 radical (unpaired) electrons. The van der Waals surface area contributed by atoms with Gasteiger partial charge in [0.2, 0.25) is 5.91 Å². The van der Waals surface area contributed by atoms with Crippen molar-refractivity contribution in [1.82, 2.24) is 4.90 Å². The molecule has 1 heterocycles. The molecule has 1 amide bonds. The monoisotopic (exact) mass is 208 g/mol. The standard InChI is InChI=1S/C12H20N2O/c1-3-4-5-8-14-9-11(12(13)15)7-6-10(14)2/h1,10-11H,4-9H2,2H3,(H2,13,15). The van der Waals surface area contributed by atoms with Gasteiger partial charge in [-0.15, -0.1) is 12.3 Å². The molecule has 0 saturated carbocycles. The zero-order chi connectivity index (χ0) is 11.3. The molecule has 0 aromatic heterocycles. The first-order chi connectivity index (χ1) is 7.15. The zero-order valence-corrected chi connectivity index (χ0v) is 9.41. The third-order valence-electron chi connectivity index (χ3n) is 3.18. The van der Waals surface area contributed by atoms with Crippen LogP contribution in [-0.2, 0) is 4.79 Å². The maximum absolute atomic E-state index is 11.1. The third kappa shape index (κ3) is 3.56. The van der Waals surface area contributed by atoms with Crippen LogP contribution in [0.4, 0.5) is 0 Å². The van der Waals surface area contributed by atoms with E-state index < -0.39 is 0 Å². The van der Waals surface area contributed by atoms with Crippen LogP contribution < -0.4 is 5.73 Å². The van der Waals surface area contributed by atoms with Gasteiger partial charge >= 0.3 is 0 Å². The van der Waals surface area contributed by atoms with E-state index in [1.807, 2.05) is 0 Å². The van der Waals surface area contributed by atoms with E-state index in [0.717, 1.165) is 38.8 Å². The lowest BCUT2D eigenvalue weighted by molar-refractivity contribution is -0.123. The summed E-state index contributed by atoms with van der Waals surface area (Å²) in [5, 5.41) is 0. The number of piperidine rings is 1. The minimum atomic E-state index is -0.163. The van der Waals surface area contributed by atoms with Crippen LogP contribution in [0.5, 0.6) is 0 Å². The molecule has 1 fully saturated rings. The van der Waals surface area contributed by atoms with E-state index in [2.05, 4.69) is 17.7 Å². The molecule has 2 N–H and O–H groups in total. The highest BCUT2D eigenvalue weighted by molar-refractivity contribution is 5.76. The second kappa shape index (κ2) is 5.77. The molecule has 0 aliphatic carbocycles. The van der Waals surface area contributed by atoms with E-state index >= 15 is 0 Å². The van der Waals surface area contributed by atoms with Gasteiger partial charge in [0, 0.05) is 19.0 Å². The third-order valence-corrected chi connectivity index (χ3v) is 3.18. The molecule has 0 spiro atoms. The number of carbonyl (C=O) groups excluding carboxylic acids is 1. The normalized spacial score (nSPS) is 27.2. The van der Waals surface area contributed by atoms with E-state index in [1.54, 1.807) is 0 Å². The van der Waals surface area contributed by atoms with Crippen LogP contribution in [-0.4, -0.2) is 29.9 Å². The minimum absolute atomic E-state index is 0.0343. The number of nitrogens with two attached hydrogens (primary N) is 1. The Morgan fingerprint density at radius 3 is 2.93 bits per heavy atom. The van der Waals surface area contributed by atoms with Gasteiger partial charge in [0.1, 0.15) is 0 Å². The molecule has 3 heteroatoms. The molecular formula is C12H20N2O. The Bertz CT molecular complexity index is 257. The molecule has 0 bridgehead atoms. The summed E-state index contributed by atoms with van der Waals surface area (Å²) in [7, 11) is 0. The molecule has 2 atom stereocenters. The van der Waals surface area contributed by atoms with E-state index in [1.165, 1.54) is 0 Å². The number of hydrogen-bond donors (Lipinski definition) is 1. The number of amides is 1. The van der Waals surface area contributed by atoms with Gasteiger partial charge in [-0.2, -0.15) is 0 Å². The van der Waals surface area contributed by atoms with E-state index in [4.69, 9.17) is 12.2 Å². The Labute approximate surface area is 92.0 Å². The van der Waals surface area contributed by atoms with Crippen molar-refractivity contribution in [3.63, 3.8) is 0 Å². The number of carbonyl (C=O) groups is 1. The first-order valence-electron chi connectivity index (χ1n) is 5.62. The number of rotatable bonds is 4. The summed E-state index contributed by atoms with van der Waals surface area (Å²) >= 11 is 0. The largest absolute Gasteiger partial charge is 0.369 e. The SMILES string of the molecule is C#CCCCN1CC(C(N)=O)CCC1C. The van der Waals surface area contributed by atoms with Gasteiger partial charge in [-0.3, -0.25) is 9.69 Å². The fraction of sp³-hybridized carbons (Fsp3) is 0.750. The van der Waals surface area contributed by atoms with Crippen molar-refractivity contribution in [3.8, 4) is 12.3 Å². The smallest absolute Gasteiger partial charge is 0.221 e. The summed E-state index contributed by atoms with van der Waals surface area (Å²) < 4.78 is 0. The van der Waals surface area contributed by atoms with Crippen molar-refractivity contribution in [3.05, 3.63) is 0 Å². The topological polar surface area (TPSA) is 46.3 Å². The summed E-state index contributed by atoms with van der Waals surface area (Å²) in [5.41, 5.74) is 5.33. The highest BCUT2D eigenvalue weighted by atomic mass is 16.1. The second-order valence-corrected chi connectivity index (χ2v) is 4.33. The van der Waals surface area contributed by atoms with Crippen LogP contribution in [0.25, 0.3) is 0 Å². The lowest BCUT2D eigenvalue weighted by Gasteiger charge is -2.36. The number of likely N-dealkylation sites (tertiary alicyclic amines) is 1. The molecule has 1 aliphatic heterocycles. The molecule has 1 saturated heterocycles. The molecule has 15 heavy (non-hydrogen) atoms. The van der Waals surface area contributed by atoms with Crippen LogP contribution in [0.3, 0.4) is 0 Å². The Morgan fingerprint density at radius 1 is 1.60 bits per heavy atom. The lowest BCUT2D eigenvalue weighted by Crippen LogP contribution is -2.46. The van der Waals surface area contributed by atoms with Crippen molar-refractivity contribution in [2.24, 2.45) is 11.7 Å². The first kappa shape index (κ1) is 12.1. The Morgan fingerprint density at radius 2 is 2.33 bits per heavy atom. The van der Waals surface area contributed by atoms with Crippen molar-refractivity contribution in [2.45, 2.75) is 38.6 Å². The van der Waals surface area contributed by atoms with Crippen molar-refractivity contribution in [2.75, 3.05) is 13.1 Å². The summed E-state index contributed by atoms with van der Waals surface area (Å²) in [6.45, 7) is 3.99. The number of terminal acetylenes is 1. The zero-order valence-electron chi connectivity index (χ0n) is 9.41. The average molecular weight is 208 g/mol. The highest BCUT2D eigenvalue weighted by Gasteiger charge is 2.27. The molecule has 1 aliphatic rings. The van der Waals surface area contributed by atoms with Crippen molar-refractivity contribution >= 4 is 5.91 Å². The number of nitrogens with zero attached hydrogens (tertiary/aromatic N) is 1. The Hall–Kier alpha value is -1.01. The Kier molecular flexibility index (Phi) is 4.64.